The third-order valence-electron chi connectivity index (χ3n) is 1.90. The van der Waals surface area contributed by atoms with Crippen LogP contribution in [0, 0.1) is 11.3 Å². The first kappa shape index (κ1) is 9.27. The molecule has 1 aliphatic rings. The molecule has 6 heteroatoms. The maximum atomic E-state index is 11.5. The summed E-state index contributed by atoms with van der Waals surface area (Å²) in [4.78, 5) is 11.5. The number of rotatable bonds is 2. The van der Waals surface area contributed by atoms with Gasteiger partial charge in [-0.3, -0.25) is 10.1 Å². The quantitative estimate of drug-likeness (QED) is 0.762. The molecule has 0 bridgehead atoms. The van der Waals surface area contributed by atoms with Crippen molar-refractivity contribution in [3.8, 4) is 6.07 Å². The molecule has 2 heterocycles. The summed E-state index contributed by atoms with van der Waals surface area (Å²) in [7, 11) is 0. The Hall–Kier alpha value is -2.29. The lowest BCUT2D eigenvalue weighted by molar-refractivity contribution is 0.0893. The monoisotopic (exact) mass is 205 g/mol. The second kappa shape index (κ2) is 3.84. The van der Waals surface area contributed by atoms with E-state index in [-0.39, 0.29) is 11.6 Å². The average molecular weight is 205 g/mol. The molecule has 0 radical (unpaired) electrons. The van der Waals surface area contributed by atoms with Crippen molar-refractivity contribution in [2.75, 3.05) is 6.61 Å². The van der Waals surface area contributed by atoms with Crippen LogP contribution < -0.4 is 5.32 Å². The number of nitriles is 1. The molecule has 1 aliphatic heterocycles. The van der Waals surface area contributed by atoms with Crippen LogP contribution in [-0.4, -0.2) is 17.7 Å². The SMILES string of the molecule is N#CC1=C(NC(=O)c2ccno2)OCC1. The highest BCUT2D eigenvalue weighted by Gasteiger charge is 2.20. The molecular formula is C9H7N3O3. The molecule has 0 spiro atoms. The van der Waals surface area contributed by atoms with Gasteiger partial charge in [-0.2, -0.15) is 5.26 Å². The molecule has 0 saturated carbocycles. The van der Waals surface area contributed by atoms with E-state index >= 15 is 0 Å². The summed E-state index contributed by atoms with van der Waals surface area (Å²) in [5.41, 5.74) is 0.433. The van der Waals surface area contributed by atoms with Gasteiger partial charge in [-0.15, -0.1) is 0 Å². The smallest absolute Gasteiger partial charge is 0.296 e. The Morgan fingerprint density at radius 3 is 3.20 bits per heavy atom. The Morgan fingerprint density at radius 2 is 2.53 bits per heavy atom. The second-order valence-electron chi connectivity index (χ2n) is 2.85. The first-order valence-corrected chi connectivity index (χ1v) is 4.29. The molecule has 2 rings (SSSR count). The number of nitrogens with one attached hydrogen (secondary N) is 1. The van der Waals surface area contributed by atoms with E-state index in [0.29, 0.717) is 18.6 Å². The van der Waals surface area contributed by atoms with Crippen molar-refractivity contribution in [1.82, 2.24) is 10.5 Å². The number of carbonyl (C=O) groups excluding carboxylic acids is 1. The van der Waals surface area contributed by atoms with Crippen LogP contribution in [0.2, 0.25) is 0 Å². The van der Waals surface area contributed by atoms with E-state index in [0.717, 1.165) is 0 Å². The van der Waals surface area contributed by atoms with Crippen LogP contribution >= 0.6 is 0 Å². The topological polar surface area (TPSA) is 88.2 Å². The van der Waals surface area contributed by atoms with Gasteiger partial charge in [-0.1, -0.05) is 5.16 Å². The van der Waals surface area contributed by atoms with Gasteiger partial charge in [0.15, 0.2) is 0 Å². The predicted molar refractivity (Wildman–Crippen MR) is 47.2 cm³/mol. The first-order chi connectivity index (χ1) is 7.31. The zero-order valence-electron chi connectivity index (χ0n) is 7.69. The van der Waals surface area contributed by atoms with Gasteiger partial charge in [0.1, 0.15) is 6.07 Å². The fraction of sp³-hybridized carbons (Fsp3) is 0.222. The van der Waals surface area contributed by atoms with Crippen molar-refractivity contribution in [2.24, 2.45) is 0 Å². The second-order valence-corrected chi connectivity index (χ2v) is 2.85. The van der Waals surface area contributed by atoms with Gasteiger partial charge in [-0.25, -0.2) is 0 Å². The molecular weight excluding hydrogens is 198 g/mol. The summed E-state index contributed by atoms with van der Waals surface area (Å²) in [6, 6.07) is 3.39. The summed E-state index contributed by atoms with van der Waals surface area (Å²) in [6.07, 6.45) is 1.88. The fourth-order valence-corrected chi connectivity index (χ4v) is 1.17. The highest BCUT2D eigenvalue weighted by molar-refractivity contribution is 5.92. The Balaban J connectivity index is 2.10. The number of nitrogens with zero attached hydrogens (tertiary/aromatic N) is 2. The third-order valence-corrected chi connectivity index (χ3v) is 1.90. The van der Waals surface area contributed by atoms with E-state index in [2.05, 4.69) is 15.0 Å². The van der Waals surface area contributed by atoms with Gasteiger partial charge < -0.3 is 9.26 Å². The number of ether oxygens (including phenoxy) is 1. The summed E-state index contributed by atoms with van der Waals surface area (Å²) < 4.78 is 9.74. The number of amides is 1. The third kappa shape index (κ3) is 1.81. The zero-order chi connectivity index (χ0) is 10.7. The van der Waals surface area contributed by atoms with E-state index in [4.69, 9.17) is 10.00 Å². The lowest BCUT2D eigenvalue weighted by atomic mass is 10.2. The van der Waals surface area contributed by atoms with Crippen molar-refractivity contribution < 1.29 is 14.1 Å². The van der Waals surface area contributed by atoms with Crippen LogP contribution in [0.1, 0.15) is 17.0 Å². The molecule has 1 aromatic heterocycles. The molecule has 15 heavy (non-hydrogen) atoms. The Morgan fingerprint density at radius 1 is 1.67 bits per heavy atom. The molecule has 0 aliphatic carbocycles. The van der Waals surface area contributed by atoms with Crippen molar-refractivity contribution in [1.29, 1.82) is 5.26 Å². The summed E-state index contributed by atoms with van der Waals surface area (Å²) in [6.45, 7) is 0.412. The van der Waals surface area contributed by atoms with Gasteiger partial charge in [0, 0.05) is 12.5 Å². The molecule has 1 N–H and O–H groups in total. The van der Waals surface area contributed by atoms with E-state index in [1.54, 1.807) is 0 Å². The molecule has 0 saturated heterocycles. The largest absolute Gasteiger partial charge is 0.478 e. The van der Waals surface area contributed by atoms with Gasteiger partial charge in [0.25, 0.3) is 5.91 Å². The van der Waals surface area contributed by atoms with E-state index < -0.39 is 5.91 Å². The van der Waals surface area contributed by atoms with Crippen LogP contribution in [-0.2, 0) is 4.74 Å². The van der Waals surface area contributed by atoms with Crippen LogP contribution in [0.15, 0.2) is 28.2 Å². The molecule has 6 nitrogen and oxygen atoms in total. The molecule has 0 fully saturated rings. The number of hydrogen-bond donors (Lipinski definition) is 1. The van der Waals surface area contributed by atoms with E-state index in [1.807, 2.05) is 6.07 Å². The normalized spacial score (nSPS) is 14.6. The molecule has 0 atom stereocenters. The lowest BCUT2D eigenvalue weighted by Crippen LogP contribution is -2.23. The Kier molecular flexibility index (Phi) is 2.37. The Labute approximate surface area is 85.1 Å². The minimum atomic E-state index is -0.475. The zero-order valence-corrected chi connectivity index (χ0v) is 7.69. The highest BCUT2D eigenvalue weighted by Crippen LogP contribution is 2.16. The van der Waals surface area contributed by atoms with Crippen LogP contribution in [0.25, 0.3) is 0 Å². The Bertz CT molecular complexity index is 442. The summed E-state index contributed by atoms with van der Waals surface area (Å²) in [5.74, 6) is -0.189. The molecule has 1 amide bonds. The van der Waals surface area contributed by atoms with Gasteiger partial charge in [0.2, 0.25) is 11.6 Å². The standard InChI is InChI=1S/C9H7N3O3/c10-5-6-2-4-14-9(6)12-8(13)7-1-3-11-15-7/h1,3H,2,4H2,(H,12,13). The number of aromatic nitrogens is 1. The van der Waals surface area contributed by atoms with Crippen LogP contribution in [0.3, 0.4) is 0 Å². The molecule has 0 aromatic carbocycles. The predicted octanol–water partition coefficient (Wildman–Crippen LogP) is 0.560. The molecule has 1 aromatic rings. The molecule has 76 valence electrons. The van der Waals surface area contributed by atoms with Gasteiger partial charge in [-0.05, 0) is 0 Å². The maximum absolute atomic E-state index is 11.5. The summed E-state index contributed by atoms with van der Waals surface area (Å²) in [5, 5.41) is 14.5. The van der Waals surface area contributed by atoms with Crippen LogP contribution in [0.5, 0.6) is 0 Å². The summed E-state index contributed by atoms with van der Waals surface area (Å²) >= 11 is 0. The van der Waals surface area contributed by atoms with Crippen molar-refractivity contribution >= 4 is 5.91 Å². The first-order valence-electron chi connectivity index (χ1n) is 4.29. The average Bonchev–Trinajstić information content (AvgIpc) is 2.87. The minimum absolute atomic E-state index is 0.0790. The lowest BCUT2D eigenvalue weighted by Gasteiger charge is -2.03. The number of hydrogen-bond acceptors (Lipinski definition) is 5. The van der Waals surface area contributed by atoms with Gasteiger partial charge >= 0.3 is 0 Å². The van der Waals surface area contributed by atoms with Crippen LogP contribution in [0.4, 0.5) is 0 Å². The van der Waals surface area contributed by atoms with E-state index in [9.17, 15) is 4.79 Å². The van der Waals surface area contributed by atoms with Crippen molar-refractivity contribution in [3.05, 3.63) is 29.5 Å². The number of carbonyl (C=O) groups is 1. The minimum Gasteiger partial charge on any atom is -0.478 e. The fourth-order valence-electron chi connectivity index (χ4n) is 1.17. The highest BCUT2D eigenvalue weighted by atomic mass is 16.5. The van der Waals surface area contributed by atoms with Crippen molar-refractivity contribution in [2.45, 2.75) is 6.42 Å². The maximum Gasteiger partial charge on any atom is 0.296 e. The van der Waals surface area contributed by atoms with Crippen molar-refractivity contribution in [3.63, 3.8) is 0 Å². The van der Waals surface area contributed by atoms with E-state index in [1.165, 1.54) is 12.3 Å². The molecule has 0 unspecified atom stereocenters. The van der Waals surface area contributed by atoms with Gasteiger partial charge in [0.05, 0.1) is 18.4 Å².